The Morgan fingerprint density at radius 1 is 0.400 bits per heavy atom. The molecule has 0 aromatic carbocycles. The molecule has 20 heteroatoms. The van der Waals surface area contributed by atoms with Crippen molar-refractivity contribution in [3.05, 3.63) is 0 Å². The molecule has 144 valence electrons. The van der Waals surface area contributed by atoms with E-state index in [-0.39, 0.29) is 94.0 Å². The maximum absolute atomic E-state index is 8.52. The van der Waals surface area contributed by atoms with Crippen LogP contribution in [0.5, 0.6) is 0 Å². The van der Waals surface area contributed by atoms with Crippen LogP contribution in [0.1, 0.15) is 0 Å². The van der Waals surface area contributed by atoms with Gasteiger partial charge in [-0.15, -0.1) is 0 Å². The van der Waals surface area contributed by atoms with E-state index in [1.165, 1.54) is 0 Å². The molecule has 0 unspecified atom stereocenters. The van der Waals surface area contributed by atoms with Gasteiger partial charge in [-0.25, -0.2) is 0 Å². The standard InChI is InChI=1S/Al.H2O4S.14H2O/c;1-5(2,3)4;;;;;;;;;;;;;;/h;(H2,1,2,3,4);14*1H2/q+3;;;;;;;;;;;;;;;/p-2. The van der Waals surface area contributed by atoms with Crippen LogP contribution < -0.4 is 0 Å². The minimum Gasteiger partial charge on any atom is -0.759 e. The quantitative estimate of drug-likeness (QED) is 0.226. The minimum atomic E-state index is -5.17. The molecular weight excluding hydrogens is 347 g/mol. The molecule has 0 atom stereocenters. The summed E-state index contributed by atoms with van der Waals surface area (Å²) in [6, 6.07) is 0. The summed E-state index contributed by atoms with van der Waals surface area (Å²) in [4.78, 5) is 0. The maximum Gasteiger partial charge on any atom is 3.00 e. The predicted molar refractivity (Wildman–Crippen MR) is 66.8 cm³/mol. The molecule has 28 N–H and O–H groups in total. The topological polar surface area (TPSA) is 521 Å². The van der Waals surface area contributed by atoms with Gasteiger partial charge in [0.25, 0.3) is 0 Å². The summed E-state index contributed by atoms with van der Waals surface area (Å²) in [5, 5.41) is 0. The van der Waals surface area contributed by atoms with E-state index in [1.807, 2.05) is 0 Å². The second-order valence-electron chi connectivity index (χ2n) is 0.408. The molecule has 0 aromatic rings. The monoisotopic (exact) mass is 375 g/mol. The van der Waals surface area contributed by atoms with Crippen molar-refractivity contribution in [1.82, 2.24) is 0 Å². The SMILES string of the molecule is O.O.O.O.O.O.O.O.O.O.O.O.O.O.O=S(=O)([O-])[O-].[Al+3]. The molecule has 0 aromatic heterocycles. The molecule has 0 amide bonds. The minimum absolute atomic E-state index is 0. The van der Waals surface area contributed by atoms with Crippen LogP contribution in [-0.4, -0.2) is 112 Å². The fourth-order valence-corrected chi connectivity index (χ4v) is 0. The van der Waals surface area contributed by atoms with Gasteiger partial charge in [-0.2, -0.15) is 0 Å². The second kappa shape index (κ2) is 176. The fourth-order valence-electron chi connectivity index (χ4n) is 0. The molecule has 0 spiro atoms. The molecule has 0 bridgehead atoms. The molecular formula is H28AlO18S+. The van der Waals surface area contributed by atoms with E-state index in [2.05, 4.69) is 0 Å². The molecule has 0 heterocycles. The Morgan fingerprint density at radius 2 is 0.400 bits per heavy atom. The summed E-state index contributed by atoms with van der Waals surface area (Å²) in [7, 11) is -5.17. The van der Waals surface area contributed by atoms with Gasteiger partial charge >= 0.3 is 17.4 Å². The Balaban J connectivity index is -0.000000000762. The Labute approximate surface area is 123 Å². The van der Waals surface area contributed by atoms with E-state index < -0.39 is 10.4 Å². The third kappa shape index (κ3) is 204000. The van der Waals surface area contributed by atoms with Crippen molar-refractivity contribution in [2.24, 2.45) is 0 Å². The molecule has 0 rings (SSSR count). The van der Waals surface area contributed by atoms with E-state index in [4.69, 9.17) is 17.5 Å². The molecule has 18 nitrogen and oxygen atoms in total. The summed E-state index contributed by atoms with van der Waals surface area (Å²) in [5.41, 5.74) is 0. The summed E-state index contributed by atoms with van der Waals surface area (Å²) >= 11 is 0. The first kappa shape index (κ1) is 477. The van der Waals surface area contributed by atoms with Crippen molar-refractivity contribution >= 4 is 27.8 Å². The number of hydrogen-bond donors (Lipinski definition) is 0. The molecule has 20 heavy (non-hydrogen) atoms. The van der Waals surface area contributed by atoms with E-state index in [9.17, 15) is 0 Å². The fraction of sp³-hybridized carbons (Fsp3) is 0. The predicted octanol–water partition coefficient (Wildman–Crippen LogP) is -13.3. The largest absolute Gasteiger partial charge is 3.00 e. The molecule has 0 saturated carbocycles. The zero-order valence-electron chi connectivity index (χ0n) is 9.62. The molecule has 0 radical (unpaired) electrons. The Morgan fingerprint density at radius 3 is 0.400 bits per heavy atom. The van der Waals surface area contributed by atoms with Crippen LogP contribution in [0.25, 0.3) is 0 Å². The average Bonchev–Trinajstić information content (AvgIpc) is 0.722. The molecule has 0 saturated heterocycles. The first-order chi connectivity index (χ1) is 2.00. The van der Waals surface area contributed by atoms with E-state index in [1.54, 1.807) is 0 Å². The van der Waals surface area contributed by atoms with Gasteiger partial charge in [-0.05, 0) is 0 Å². The smallest absolute Gasteiger partial charge is 0.759 e. The Bertz CT molecular complexity index is 94.6. The van der Waals surface area contributed by atoms with Gasteiger partial charge in [-0.1, -0.05) is 0 Å². The van der Waals surface area contributed by atoms with Gasteiger partial charge < -0.3 is 85.8 Å². The van der Waals surface area contributed by atoms with Crippen LogP contribution in [0.4, 0.5) is 0 Å². The van der Waals surface area contributed by atoms with Crippen LogP contribution in [0.2, 0.25) is 0 Å². The van der Waals surface area contributed by atoms with Crippen molar-refractivity contribution in [3.63, 3.8) is 0 Å². The van der Waals surface area contributed by atoms with Gasteiger partial charge in [0.2, 0.25) is 0 Å². The van der Waals surface area contributed by atoms with Crippen molar-refractivity contribution in [2.75, 3.05) is 0 Å². The van der Waals surface area contributed by atoms with E-state index in [0.29, 0.717) is 0 Å². The Kier molecular flexibility index (Phi) is 4190. The van der Waals surface area contributed by atoms with Crippen molar-refractivity contribution < 1.29 is 94.2 Å². The number of rotatable bonds is 0. The summed E-state index contributed by atoms with van der Waals surface area (Å²) in [6.45, 7) is 0. The average molecular weight is 375 g/mol. The maximum atomic E-state index is 8.52. The summed E-state index contributed by atoms with van der Waals surface area (Å²) in [5.74, 6) is 0. The van der Waals surface area contributed by atoms with Crippen molar-refractivity contribution in [1.29, 1.82) is 0 Å². The van der Waals surface area contributed by atoms with Crippen molar-refractivity contribution in [2.45, 2.75) is 0 Å². The molecule has 0 aliphatic carbocycles. The van der Waals surface area contributed by atoms with Crippen LogP contribution in [0.3, 0.4) is 0 Å². The van der Waals surface area contributed by atoms with Crippen LogP contribution in [0.15, 0.2) is 0 Å². The van der Waals surface area contributed by atoms with Crippen LogP contribution in [-0.2, 0) is 10.4 Å². The molecule has 0 fully saturated rings. The molecule has 0 aliphatic heterocycles. The first-order valence-corrected chi connectivity index (χ1v) is 2.00. The van der Waals surface area contributed by atoms with Gasteiger partial charge in [-0.3, -0.25) is 8.42 Å². The van der Waals surface area contributed by atoms with Crippen LogP contribution >= 0.6 is 0 Å². The summed E-state index contributed by atoms with van der Waals surface area (Å²) in [6.07, 6.45) is 0. The third-order valence-corrected chi connectivity index (χ3v) is 0. The van der Waals surface area contributed by atoms with E-state index >= 15 is 0 Å². The zero-order valence-corrected chi connectivity index (χ0v) is 11.6. The van der Waals surface area contributed by atoms with E-state index in [0.717, 1.165) is 0 Å². The van der Waals surface area contributed by atoms with Gasteiger partial charge in [0.15, 0.2) is 0 Å². The van der Waals surface area contributed by atoms with Gasteiger partial charge in [0, 0.05) is 10.4 Å². The van der Waals surface area contributed by atoms with Gasteiger partial charge in [0.1, 0.15) is 0 Å². The molecule has 0 aliphatic rings. The zero-order chi connectivity index (χ0) is 4.50. The second-order valence-corrected chi connectivity index (χ2v) is 1.22. The number of hydrogen-bond acceptors (Lipinski definition) is 4. The van der Waals surface area contributed by atoms with Gasteiger partial charge in [0.05, 0.1) is 0 Å². The third-order valence-electron chi connectivity index (χ3n) is 0. The normalized spacial score (nSPS) is 2.90. The first-order valence-electron chi connectivity index (χ1n) is 0.667. The van der Waals surface area contributed by atoms with Crippen LogP contribution in [0, 0.1) is 0 Å². The Hall–Kier alpha value is -0.158. The van der Waals surface area contributed by atoms with Crippen molar-refractivity contribution in [3.8, 4) is 0 Å². The summed E-state index contributed by atoms with van der Waals surface area (Å²) < 4.78 is 34.1.